The van der Waals surface area contributed by atoms with Crippen LogP contribution in [-0.2, 0) is 14.2 Å². The van der Waals surface area contributed by atoms with Crippen molar-refractivity contribution < 1.29 is 19.3 Å². The summed E-state index contributed by atoms with van der Waals surface area (Å²) >= 11 is 0. The van der Waals surface area contributed by atoms with E-state index in [1.807, 2.05) is 20.8 Å². The summed E-state index contributed by atoms with van der Waals surface area (Å²) in [6.45, 7) is 8.94. The Kier molecular flexibility index (Phi) is 6.57. The molecule has 3 unspecified atom stereocenters. The fourth-order valence-electron chi connectivity index (χ4n) is 2.33. The van der Waals surface area contributed by atoms with Gasteiger partial charge in [0.2, 0.25) is 0 Å². The Morgan fingerprint density at radius 1 is 1.22 bits per heavy atom. The summed E-state index contributed by atoms with van der Waals surface area (Å²) in [4.78, 5) is 0. The maximum Gasteiger partial charge on any atom is 0.169 e. The predicted octanol–water partition coefficient (Wildman–Crippen LogP) is 2.48. The van der Waals surface area contributed by atoms with Crippen LogP contribution in [0.3, 0.4) is 0 Å². The third kappa shape index (κ3) is 3.67. The molecule has 1 N–H and O–H groups in total. The van der Waals surface area contributed by atoms with Gasteiger partial charge >= 0.3 is 0 Å². The average molecular weight is 260 g/mol. The summed E-state index contributed by atoms with van der Waals surface area (Å²) in [6.07, 6.45) is 3.25. The number of ether oxygens (including phenoxy) is 3. The largest absolute Gasteiger partial charge is 0.394 e. The molecule has 0 radical (unpaired) electrons. The van der Waals surface area contributed by atoms with E-state index in [0.29, 0.717) is 0 Å². The minimum Gasteiger partial charge on any atom is -0.394 e. The van der Waals surface area contributed by atoms with Crippen LogP contribution >= 0.6 is 0 Å². The molecule has 1 aliphatic rings. The van der Waals surface area contributed by atoms with Crippen molar-refractivity contribution in [1.29, 1.82) is 0 Å². The molecular weight excluding hydrogens is 232 g/mol. The zero-order valence-electron chi connectivity index (χ0n) is 12.1. The first-order chi connectivity index (χ1) is 8.62. The van der Waals surface area contributed by atoms with Crippen LogP contribution in [0.5, 0.6) is 0 Å². The van der Waals surface area contributed by atoms with Gasteiger partial charge in [0.25, 0.3) is 0 Å². The molecule has 1 aliphatic heterocycles. The van der Waals surface area contributed by atoms with Crippen LogP contribution in [0.2, 0.25) is 0 Å². The van der Waals surface area contributed by atoms with Crippen molar-refractivity contribution in [2.75, 3.05) is 13.2 Å². The van der Waals surface area contributed by atoms with Crippen molar-refractivity contribution in [2.24, 2.45) is 0 Å². The second-order valence-corrected chi connectivity index (χ2v) is 4.97. The highest BCUT2D eigenvalue weighted by atomic mass is 16.8. The van der Waals surface area contributed by atoms with Crippen molar-refractivity contribution >= 4 is 0 Å². The Bertz CT molecular complexity index is 228. The van der Waals surface area contributed by atoms with E-state index in [1.165, 1.54) is 0 Å². The normalized spacial score (nSPS) is 28.5. The molecule has 108 valence electrons. The molecule has 1 saturated heterocycles. The molecule has 0 aromatic rings. The Labute approximate surface area is 111 Å². The van der Waals surface area contributed by atoms with E-state index < -0.39 is 5.79 Å². The molecule has 0 amide bonds. The van der Waals surface area contributed by atoms with Crippen LogP contribution in [-0.4, -0.2) is 42.4 Å². The molecule has 1 fully saturated rings. The van der Waals surface area contributed by atoms with Gasteiger partial charge in [-0.25, -0.2) is 0 Å². The van der Waals surface area contributed by atoms with Crippen LogP contribution in [0.15, 0.2) is 0 Å². The lowest BCUT2D eigenvalue weighted by molar-refractivity contribution is -0.189. The van der Waals surface area contributed by atoms with Gasteiger partial charge in [-0.1, -0.05) is 27.2 Å². The van der Waals surface area contributed by atoms with Crippen molar-refractivity contribution in [3.05, 3.63) is 0 Å². The highest BCUT2D eigenvalue weighted by molar-refractivity contribution is 4.88. The zero-order chi connectivity index (χ0) is 13.6. The Hall–Kier alpha value is -0.160. The topological polar surface area (TPSA) is 47.9 Å². The molecule has 0 aromatic heterocycles. The van der Waals surface area contributed by atoms with Crippen LogP contribution in [0.4, 0.5) is 0 Å². The first kappa shape index (κ1) is 15.9. The van der Waals surface area contributed by atoms with Gasteiger partial charge in [-0.3, -0.25) is 0 Å². The molecule has 0 bridgehead atoms. The van der Waals surface area contributed by atoms with Gasteiger partial charge in [-0.15, -0.1) is 0 Å². The minimum atomic E-state index is -0.541. The van der Waals surface area contributed by atoms with E-state index in [1.54, 1.807) is 0 Å². The summed E-state index contributed by atoms with van der Waals surface area (Å²) < 4.78 is 17.7. The zero-order valence-corrected chi connectivity index (χ0v) is 12.1. The lowest BCUT2D eigenvalue weighted by atomic mass is 10.1. The number of aliphatic hydroxyl groups excluding tert-OH is 1. The van der Waals surface area contributed by atoms with Crippen molar-refractivity contribution in [1.82, 2.24) is 0 Å². The molecule has 0 aromatic carbocycles. The average Bonchev–Trinajstić information content (AvgIpc) is 2.79. The van der Waals surface area contributed by atoms with Gasteiger partial charge in [0.05, 0.1) is 12.7 Å². The number of hydrogen-bond acceptors (Lipinski definition) is 4. The predicted molar refractivity (Wildman–Crippen MR) is 70.5 cm³/mol. The number of unbranched alkanes of at least 4 members (excludes halogenated alkanes) is 1. The fraction of sp³-hybridized carbons (Fsp3) is 1.00. The number of aliphatic hydroxyl groups is 1. The van der Waals surface area contributed by atoms with E-state index in [2.05, 4.69) is 6.92 Å². The molecule has 3 atom stereocenters. The Balaban J connectivity index is 2.57. The lowest BCUT2D eigenvalue weighted by Crippen LogP contribution is -2.37. The van der Waals surface area contributed by atoms with Crippen LogP contribution in [0.1, 0.15) is 53.4 Å². The number of rotatable bonds is 8. The molecule has 0 saturated carbocycles. The van der Waals surface area contributed by atoms with Gasteiger partial charge in [-0.2, -0.15) is 0 Å². The maximum atomic E-state index is 9.42. The first-order valence-electron chi connectivity index (χ1n) is 7.20. The van der Waals surface area contributed by atoms with Crippen LogP contribution in [0, 0.1) is 0 Å². The molecule has 18 heavy (non-hydrogen) atoms. The van der Waals surface area contributed by atoms with E-state index >= 15 is 0 Å². The summed E-state index contributed by atoms with van der Waals surface area (Å²) in [6, 6.07) is 0. The Morgan fingerprint density at radius 2 is 1.89 bits per heavy atom. The summed E-state index contributed by atoms with van der Waals surface area (Å²) in [5, 5.41) is 9.42. The lowest BCUT2D eigenvalue weighted by Gasteiger charge is -2.26. The maximum absolute atomic E-state index is 9.42. The van der Waals surface area contributed by atoms with Gasteiger partial charge < -0.3 is 19.3 Å². The summed E-state index contributed by atoms with van der Waals surface area (Å²) in [5.41, 5.74) is 0. The molecule has 1 rings (SSSR count). The number of hydrogen-bond donors (Lipinski definition) is 1. The van der Waals surface area contributed by atoms with Crippen LogP contribution < -0.4 is 0 Å². The summed E-state index contributed by atoms with van der Waals surface area (Å²) in [5.74, 6) is -0.541. The summed E-state index contributed by atoms with van der Waals surface area (Å²) in [7, 11) is 0. The van der Waals surface area contributed by atoms with Gasteiger partial charge in [0.15, 0.2) is 5.79 Å². The second-order valence-electron chi connectivity index (χ2n) is 4.97. The van der Waals surface area contributed by atoms with Gasteiger partial charge in [0.1, 0.15) is 12.2 Å². The fourth-order valence-corrected chi connectivity index (χ4v) is 2.33. The highest BCUT2D eigenvalue weighted by Crippen LogP contribution is 2.36. The smallest absolute Gasteiger partial charge is 0.169 e. The van der Waals surface area contributed by atoms with Crippen molar-refractivity contribution in [3.8, 4) is 0 Å². The first-order valence-corrected chi connectivity index (χ1v) is 7.20. The Morgan fingerprint density at radius 3 is 2.39 bits per heavy atom. The van der Waals surface area contributed by atoms with E-state index in [-0.39, 0.29) is 24.9 Å². The molecule has 1 heterocycles. The van der Waals surface area contributed by atoms with Crippen molar-refractivity contribution in [3.63, 3.8) is 0 Å². The van der Waals surface area contributed by atoms with Crippen molar-refractivity contribution in [2.45, 2.75) is 77.5 Å². The van der Waals surface area contributed by atoms with E-state index in [9.17, 15) is 5.11 Å². The second kappa shape index (κ2) is 7.43. The SMILES string of the molecule is CCCCOC(C)C1OC(CC)(CC)OC1CO. The van der Waals surface area contributed by atoms with Crippen LogP contribution in [0.25, 0.3) is 0 Å². The standard InChI is InChI=1S/C14H28O4/c1-5-8-9-16-11(4)13-12(10-15)17-14(6-2,7-3)18-13/h11-13,15H,5-10H2,1-4H3. The van der Waals surface area contributed by atoms with E-state index in [4.69, 9.17) is 14.2 Å². The molecule has 0 aliphatic carbocycles. The molecule has 4 heteroatoms. The molecular formula is C14H28O4. The van der Waals surface area contributed by atoms with E-state index in [0.717, 1.165) is 32.3 Å². The minimum absolute atomic E-state index is 0.0199. The third-order valence-corrected chi connectivity index (χ3v) is 3.68. The third-order valence-electron chi connectivity index (χ3n) is 3.68. The molecule has 4 nitrogen and oxygen atoms in total. The highest BCUT2D eigenvalue weighted by Gasteiger charge is 2.47. The quantitative estimate of drug-likeness (QED) is 0.681. The molecule has 0 spiro atoms. The monoisotopic (exact) mass is 260 g/mol. The van der Waals surface area contributed by atoms with Gasteiger partial charge in [-0.05, 0) is 26.2 Å². The van der Waals surface area contributed by atoms with Gasteiger partial charge in [0, 0.05) is 6.61 Å².